The van der Waals surface area contributed by atoms with Crippen LogP contribution in [-0.2, 0) is 6.42 Å². The molecule has 90 valence electrons. The van der Waals surface area contributed by atoms with E-state index >= 15 is 0 Å². The summed E-state index contributed by atoms with van der Waals surface area (Å²) in [6.07, 6.45) is 1.94. The topological polar surface area (TPSA) is 33.3 Å². The Bertz CT molecular complexity index is 488. The molecule has 0 aliphatic carbocycles. The molecule has 2 atom stereocenters. The summed E-state index contributed by atoms with van der Waals surface area (Å²) in [7, 11) is 0. The summed E-state index contributed by atoms with van der Waals surface area (Å²) in [6, 6.07) is 6.68. The van der Waals surface area contributed by atoms with Crippen LogP contribution < -0.4 is 15.4 Å². The lowest BCUT2D eigenvalue weighted by Crippen LogP contribution is -2.62. The van der Waals surface area contributed by atoms with E-state index in [1.54, 1.807) is 0 Å². The van der Waals surface area contributed by atoms with Crippen LogP contribution >= 0.6 is 12.2 Å². The molecule has 2 heterocycles. The van der Waals surface area contributed by atoms with E-state index in [4.69, 9.17) is 17.0 Å². The van der Waals surface area contributed by atoms with Crippen molar-refractivity contribution in [2.75, 3.05) is 0 Å². The van der Waals surface area contributed by atoms with Crippen LogP contribution in [0.1, 0.15) is 37.4 Å². The molecule has 0 saturated carbocycles. The molecule has 1 aromatic rings. The van der Waals surface area contributed by atoms with Crippen molar-refractivity contribution < 1.29 is 4.74 Å². The number of benzene rings is 1. The molecule has 17 heavy (non-hydrogen) atoms. The van der Waals surface area contributed by atoms with E-state index in [1.165, 1.54) is 11.1 Å². The van der Waals surface area contributed by atoms with Gasteiger partial charge in [0.1, 0.15) is 5.75 Å². The molecule has 4 heteroatoms. The van der Waals surface area contributed by atoms with Crippen LogP contribution in [0.2, 0.25) is 0 Å². The second-order valence-corrected chi connectivity index (χ2v) is 5.32. The maximum atomic E-state index is 6.02. The highest BCUT2D eigenvalue weighted by atomic mass is 32.1. The number of hydrogen-bond acceptors (Lipinski definition) is 2. The Morgan fingerprint density at radius 2 is 2.35 bits per heavy atom. The lowest BCUT2D eigenvalue weighted by molar-refractivity contribution is 0.0250. The minimum atomic E-state index is -0.367. The van der Waals surface area contributed by atoms with Gasteiger partial charge in [-0.05, 0) is 37.2 Å². The third-order valence-electron chi connectivity index (χ3n) is 3.47. The Morgan fingerprint density at radius 3 is 3.12 bits per heavy atom. The number of hydrogen-bond donors (Lipinski definition) is 2. The molecule has 2 N–H and O–H groups in total. The zero-order valence-corrected chi connectivity index (χ0v) is 10.9. The molecule has 1 saturated heterocycles. The quantitative estimate of drug-likeness (QED) is 0.747. The van der Waals surface area contributed by atoms with Crippen molar-refractivity contribution in [3.8, 4) is 5.75 Å². The van der Waals surface area contributed by atoms with Gasteiger partial charge in [-0.3, -0.25) is 0 Å². The largest absolute Gasteiger partial charge is 0.468 e. The van der Waals surface area contributed by atoms with E-state index < -0.39 is 0 Å². The first-order valence-electron chi connectivity index (χ1n) is 6.00. The third kappa shape index (κ3) is 1.76. The fraction of sp³-hybridized carbons (Fsp3) is 0.462. The van der Waals surface area contributed by atoms with E-state index in [0.29, 0.717) is 5.11 Å². The van der Waals surface area contributed by atoms with Crippen LogP contribution in [0.5, 0.6) is 5.75 Å². The number of fused-ring (bicyclic) bond motifs is 4. The van der Waals surface area contributed by atoms with Gasteiger partial charge in [0.05, 0.1) is 6.04 Å². The van der Waals surface area contributed by atoms with E-state index in [2.05, 4.69) is 35.8 Å². The fourth-order valence-electron chi connectivity index (χ4n) is 2.61. The number of aryl methyl sites for hydroxylation is 1. The summed E-state index contributed by atoms with van der Waals surface area (Å²) in [6.45, 7) is 4.21. The maximum Gasteiger partial charge on any atom is 0.181 e. The average Bonchev–Trinajstić information content (AvgIpc) is 2.27. The second-order valence-electron chi connectivity index (χ2n) is 4.91. The molecule has 3 nitrogen and oxygen atoms in total. The van der Waals surface area contributed by atoms with Gasteiger partial charge < -0.3 is 15.4 Å². The zero-order valence-electron chi connectivity index (χ0n) is 10.0. The summed E-state index contributed by atoms with van der Waals surface area (Å²) in [4.78, 5) is 0. The van der Waals surface area contributed by atoms with Crippen LogP contribution in [0.4, 0.5) is 0 Å². The monoisotopic (exact) mass is 248 g/mol. The van der Waals surface area contributed by atoms with Gasteiger partial charge in [0.25, 0.3) is 0 Å². The standard InChI is InChI=1S/C13H16N2OS/c1-3-8-4-5-11-9(6-8)10-7-13(2,16-11)15-12(17)14-10/h4-6,10H,3,7H2,1-2H3,(H2,14,15,17)/t10-,13+/m0/s1. The molecule has 2 aliphatic rings. The Balaban J connectivity index is 2.07. The van der Waals surface area contributed by atoms with Gasteiger partial charge in [-0.15, -0.1) is 0 Å². The van der Waals surface area contributed by atoms with E-state index in [9.17, 15) is 0 Å². The zero-order chi connectivity index (χ0) is 12.0. The minimum Gasteiger partial charge on any atom is -0.468 e. The van der Waals surface area contributed by atoms with Crippen molar-refractivity contribution in [3.63, 3.8) is 0 Å². The highest BCUT2D eigenvalue weighted by Gasteiger charge is 2.41. The summed E-state index contributed by atoms with van der Waals surface area (Å²) >= 11 is 5.22. The van der Waals surface area contributed by atoms with Crippen LogP contribution in [0, 0.1) is 0 Å². The van der Waals surface area contributed by atoms with Gasteiger partial charge in [0.15, 0.2) is 10.8 Å². The molecule has 0 aromatic heterocycles. The molecule has 0 spiro atoms. The van der Waals surface area contributed by atoms with E-state index in [1.807, 2.05) is 6.92 Å². The maximum absolute atomic E-state index is 6.02. The predicted molar refractivity (Wildman–Crippen MR) is 71.1 cm³/mol. The summed E-state index contributed by atoms with van der Waals surface area (Å²) in [5.74, 6) is 0.962. The van der Waals surface area contributed by atoms with E-state index in [0.717, 1.165) is 18.6 Å². The van der Waals surface area contributed by atoms with Crippen molar-refractivity contribution in [1.82, 2.24) is 10.6 Å². The van der Waals surface area contributed by atoms with Gasteiger partial charge >= 0.3 is 0 Å². The normalized spacial score (nSPS) is 29.8. The Labute approximate surface area is 107 Å². The second kappa shape index (κ2) is 3.60. The van der Waals surface area contributed by atoms with Gasteiger partial charge in [0.2, 0.25) is 0 Å². The first kappa shape index (κ1) is 10.8. The van der Waals surface area contributed by atoms with Crippen LogP contribution in [0.25, 0.3) is 0 Å². The first-order valence-corrected chi connectivity index (χ1v) is 6.41. The first-order chi connectivity index (χ1) is 8.09. The summed E-state index contributed by atoms with van der Waals surface area (Å²) < 4.78 is 6.02. The van der Waals surface area contributed by atoms with Gasteiger partial charge in [-0.2, -0.15) is 0 Å². The lowest BCUT2D eigenvalue weighted by atomic mass is 9.90. The predicted octanol–water partition coefficient (Wildman–Crippen LogP) is 2.27. The van der Waals surface area contributed by atoms with Crippen LogP contribution in [0.3, 0.4) is 0 Å². The van der Waals surface area contributed by atoms with Gasteiger partial charge in [-0.25, -0.2) is 0 Å². The smallest absolute Gasteiger partial charge is 0.181 e. The molecule has 3 rings (SSSR count). The van der Waals surface area contributed by atoms with Crippen molar-refractivity contribution in [3.05, 3.63) is 29.3 Å². The number of ether oxygens (including phenoxy) is 1. The highest BCUT2D eigenvalue weighted by molar-refractivity contribution is 7.80. The van der Waals surface area contributed by atoms with Gasteiger partial charge in [0, 0.05) is 12.0 Å². The number of nitrogens with one attached hydrogen (secondary N) is 2. The fourth-order valence-corrected chi connectivity index (χ4v) is 2.96. The molecule has 0 amide bonds. The Morgan fingerprint density at radius 1 is 1.53 bits per heavy atom. The minimum absolute atomic E-state index is 0.268. The van der Waals surface area contributed by atoms with Crippen molar-refractivity contribution in [1.29, 1.82) is 0 Å². The lowest BCUT2D eigenvalue weighted by Gasteiger charge is -2.45. The van der Waals surface area contributed by atoms with Crippen LogP contribution in [-0.4, -0.2) is 10.8 Å². The molecular formula is C13H16N2OS. The van der Waals surface area contributed by atoms with Gasteiger partial charge in [-0.1, -0.05) is 19.1 Å². The van der Waals surface area contributed by atoms with Crippen molar-refractivity contribution in [2.45, 2.75) is 38.5 Å². The number of rotatable bonds is 1. The van der Waals surface area contributed by atoms with Crippen molar-refractivity contribution >= 4 is 17.3 Å². The van der Waals surface area contributed by atoms with Crippen LogP contribution in [0.15, 0.2) is 18.2 Å². The summed E-state index contributed by atoms with van der Waals surface area (Å²) in [5.41, 5.74) is 2.20. The molecular weight excluding hydrogens is 232 g/mol. The highest BCUT2D eigenvalue weighted by Crippen LogP contribution is 2.40. The summed E-state index contributed by atoms with van der Waals surface area (Å²) in [5, 5.41) is 7.19. The van der Waals surface area contributed by atoms with E-state index in [-0.39, 0.29) is 11.8 Å². The average molecular weight is 248 g/mol. The molecule has 1 fully saturated rings. The molecule has 0 unspecified atom stereocenters. The molecule has 0 radical (unpaired) electrons. The third-order valence-corrected chi connectivity index (χ3v) is 3.69. The molecule has 1 aromatic carbocycles. The molecule has 2 aliphatic heterocycles. The number of thiocarbonyl (C=S) groups is 1. The SMILES string of the molecule is CCc1ccc2c(c1)[C@@H]1C[C@](C)(NC(=S)N1)O2. The molecule has 2 bridgehead atoms. The van der Waals surface area contributed by atoms with Crippen molar-refractivity contribution in [2.24, 2.45) is 0 Å². The Kier molecular flexibility index (Phi) is 2.30. The Hall–Kier alpha value is -1.29.